The lowest BCUT2D eigenvalue weighted by Crippen LogP contribution is -2.22. The molecule has 3 nitrogen and oxygen atoms in total. The molecule has 0 atom stereocenters. The molecule has 1 fully saturated rings. The van der Waals surface area contributed by atoms with E-state index in [1.807, 2.05) is 0 Å². The number of alkyl halides is 1. The third kappa shape index (κ3) is 3.19. The maximum Gasteiger partial charge on any atom is 0.132 e. The van der Waals surface area contributed by atoms with Crippen LogP contribution >= 0.6 is 11.6 Å². The highest BCUT2D eigenvalue weighted by molar-refractivity contribution is 6.20. The van der Waals surface area contributed by atoms with E-state index >= 15 is 0 Å². The van der Waals surface area contributed by atoms with E-state index in [0.29, 0.717) is 5.38 Å². The topological polar surface area (TPSA) is 37.8 Å². The number of rotatable bonds is 3. The van der Waals surface area contributed by atoms with Crippen LogP contribution in [-0.4, -0.2) is 21.9 Å². The normalized spacial score (nSPS) is 26.8. The zero-order valence-corrected chi connectivity index (χ0v) is 12.1. The number of hydrogen-bond donors (Lipinski definition) is 1. The SMILES string of the molecule is ClC1CCC(CNc2ncnc3c2CCCC3)CC1. The largest absolute Gasteiger partial charge is 0.369 e. The number of aryl methyl sites for hydroxylation is 1. The molecule has 0 aromatic carbocycles. The van der Waals surface area contributed by atoms with Crippen LogP contribution in [0.25, 0.3) is 0 Å². The molecule has 2 aliphatic carbocycles. The number of halogens is 1. The van der Waals surface area contributed by atoms with Gasteiger partial charge in [-0.1, -0.05) is 0 Å². The summed E-state index contributed by atoms with van der Waals surface area (Å²) < 4.78 is 0. The molecule has 0 radical (unpaired) electrons. The minimum atomic E-state index is 0.406. The molecule has 0 bridgehead atoms. The summed E-state index contributed by atoms with van der Waals surface area (Å²) in [5.74, 6) is 1.84. The smallest absolute Gasteiger partial charge is 0.132 e. The summed E-state index contributed by atoms with van der Waals surface area (Å²) >= 11 is 6.15. The number of nitrogens with one attached hydrogen (secondary N) is 1. The molecular formula is C15H22ClN3. The maximum absolute atomic E-state index is 6.15. The van der Waals surface area contributed by atoms with Crippen molar-refractivity contribution in [1.29, 1.82) is 0 Å². The zero-order chi connectivity index (χ0) is 13.1. The van der Waals surface area contributed by atoms with Gasteiger partial charge >= 0.3 is 0 Å². The van der Waals surface area contributed by atoms with Gasteiger partial charge in [0.2, 0.25) is 0 Å². The second kappa shape index (κ2) is 6.08. The minimum absolute atomic E-state index is 0.406. The van der Waals surface area contributed by atoms with Crippen molar-refractivity contribution in [3.8, 4) is 0 Å². The average Bonchev–Trinajstić information content (AvgIpc) is 2.47. The molecule has 1 aromatic rings. The molecule has 0 aliphatic heterocycles. The first-order valence-corrected chi connectivity index (χ1v) is 7.97. The van der Waals surface area contributed by atoms with E-state index in [-0.39, 0.29) is 0 Å². The summed E-state index contributed by atoms with van der Waals surface area (Å²) in [5, 5.41) is 3.97. The van der Waals surface area contributed by atoms with E-state index in [2.05, 4.69) is 15.3 Å². The fourth-order valence-corrected chi connectivity index (χ4v) is 3.49. The van der Waals surface area contributed by atoms with Crippen molar-refractivity contribution in [3.05, 3.63) is 17.6 Å². The lowest BCUT2D eigenvalue weighted by molar-refractivity contribution is 0.377. The molecule has 0 spiro atoms. The fourth-order valence-electron chi connectivity index (χ4n) is 3.24. The molecule has 19 heavy (non-hydrogen) atoms. The summed E-state index contributed by atoms with van der Waals surface area (Å²) in [4.78, 5) is 8.86. The number of nitrogens with zero attached hydrogens (tertiary/aromatic N) is 2. The Balaban J connectivity index is 1.61. The summed E-state index contributed by atoms with van der Waals surface area (Å²) in [6.45, 7) is 1.03. The Hall–Kier alpha value is -0.830. The lowest BCUT2D eigenvalue weighted by atomic mass is 9.89. The summed E-state index contributed by atoms with van der Waals surface area (Å²) in [5.41, 5.74) is 2.62. The second-order valence-corrected chi connectivity index (χ2v) is 6.47. The first kappa shape index (κ1) is 13.2. The predicted octanol–water partition coefficient (Wildman–Crippen LogP) is 3.56. The molecule has 1 N–H and O–H groups in total. The number of aromatic nitrogens is 2. The van der Waals surface area contributed by atoms with Gasteiger partial charge in [0.05, 0.1) is 0 Å². The highest BCUT2D eigenvalue weighted by Gasteiger charge is 2.20. The van der Waals surface area contributed by atoms with Crippen LogP contribution in [0.1, 0.15) is 49.8 Å². The van der Waals surface area contributed by atoms with E-state index in [9.17, 15) is 0 Å². The molecule has 2 aliphatic rings. The minimum Gasteiger partial charge on any atom is -0.369 e. The van der Waals surface area contributed by atoms with E-state index in [1.165, 1.54) is 36.9 Å². The third-order valence-corrected chi connectivity index (χ3v) is 4.90. The Kier molecular flexibility index (Phi) is 4.21. The summed E-state index contributed by atoms with van der Waals surface area (Å²) in [6, 6.07) is 0. The second-order valence-electron chi connectivity index (χ2n) is 5.85. The molecule has 104 valence electrons. The van der Waals surface area contributed by atoms with Crippen molar-refractivity contribution < 1.29 is 0 Å². The summed E-state index contributed by atoms with van der Waals surface area (Å²) in [6.07, 6.45) is 11.3. The van der Waals surface area contributed by atoms with Crippen LogP contribution in [0.5, 0.6) is 0 Å². The van der Waals surface area contributed by atoms with Crippen LogP contribution in [0.3, 0.4) is 0 Å². The first-order chi connectivity index (χ1) is 9.33. The Morgan fingerprint density at radius 1 is 1.11 bits per heavy atom. The van der Waals surface area contributed by atoms with Gasteiger partial charge < -0.3 is 5.32 Å². The Morgan fingerprint density at radius 2 is 1.89 bits per heavy atom. The van der Waals surface area contributed by atoms with Crippen molar-refractivity contribution in [2.24, 2.45) is 5.92 Å². The van der Waals surface area contributed by atoms with Gasteiger partial charge in [0.15, 0.2) is 0 Å². The van der Waals surface area contributed by atoms with Gasteiger partial charge in [-0.25, -0.2) is 9.97 Å². The molecular weight excluding hydrogens is 258 g/mol. The Labute approximate surface area is 120 Å². The molecule has 0 saturated heterocycles. The van der Waals surface area contributed by atoms with Gasteiger partial charge in [0, 0.05) is 23.2 Å². The van der Waals surface area contributed by atoms with Crippen molar-refractivity contribution in [2.45, 2.75) is 56.7 Å². The van der Waals surface area contributed by atoms with Gasteiger partial charge in [-0.05, 0) is 57.3 Å². The van der Waals surface area contributed by atoms with E-state index < -0.39 is 0 Å². The van der Waals surface area contributed by atoms with Crippen LogP contribution in [0.15, 0.2) is 6.33 Å². The van der Waals surface area contributed by atoms with Gasteiger partial charge in [0.1, 0.15) is 12.1 Å². The average molecular weight is 280 g/mol. The molecule has 1 saturated carbocycles. The van der Waals surface area contributed by atoms with Crippen LogP contribution in [-0.2, 0) is 12.8 Å². The van der Waals surface area contributed by atoms with Gasteiger partial charge in [-0.3, -0.25) is 0 Å². The standard InChI is InChI=1S/C15H22ClN3/c16-12-7-5-11(6-8-12)9-17-15-13-3-1-2-4-14(13)18-10-19-15/h10-12H,1-9H2,(H,17,18,19). The van der Waals surface area contributed by atoms with E-state index in [1.54, 1.807) is 6.33 Å². The van der Waals surface area contributed by atoms with Crippen molar-refractivity contribution >= 4 is 17.4 Å². The fraction of sp³-hybridized carbons (Fsp3) is 0.733. The van der Waals surface area contributed by atoms with Gasteiger partial charge in [0.25, 0.3) is 0 Å². The zero-order valence-electron chi connectivity index (χ0n) is 11.4. The molecule has 1 aromatic heterocycles. The molecule has 3 rings (SSSR count). The van der Waals surface area contributed by atoms with Gasteiger partial charge in [-0.2, -0.15) is 0 Å². The van der Waals surface area contributed by atoms with Crippen molar-refractivity contribution in [2.75, 3.05) is 11.9 Å². The van der Waals surface area contributed by atoms with Crippen LogP contribution in [0.4, 0.5) is 5.82 Å². The van der Waals surface area contributed by atoms with Crippen LogP contribution in [0.2, 0.25) is 0 Å². The first-order valence-electron chi connectivity index (χ1n) is 7.53. The van der Waals surface area contributed by atoms with Crippen molar-refractivity contribution in [1.82, 2.24) is 9.97 Å². The molecule has 0 amide bonds. The Morgan fingerprint density at radius 3 is 2.74 bits per heavy atom. The number of hydrogen-bond acceptors (Lipinski definition) is 3. The lowest BCUT2D eigenvalue weighted by Gasteiger charge is -2.26. The van der Waals surface area contributed by atoms with Crippen LogP contribution < -0.4 is 5.32 Å². The summed E-state index contributed by atoms with van der Waals surface area (Å²) in [7, 11) is 0. The quantitative estimate of drug-likeness (QED) is 0.860. The number of fused-ring (bicyclic) bond motifs is 1. The molecule has 0 unspecified atom stereocenters. The predicted molar refractivity (Wildman–Crippen MR) is 78.8 cm³/mol. The third-order valence-electron chi connectivity index (χ3n) is 4.46. The van der Waals surface area contributed by atoms with E-state index in [0.717, 1.165) is 44.0 Å². The highest BCUT2D eigenvalue weighted by atomic mass is 35.5. The molecule has 1 heterocycles. The van der Waals surface area contributed by atoms with Gasteiger partial charge in [-0.15, -0.1) is 11.6 Å². The van der Waals surface area contributed by atoms with E-state index in [4.69, 9.17) is 11.6 Å². The molecule has 4 heteroatoms. The maximum atomic E-state index is 6.15. The monoisotopic (exact) mass is 279 g/mol. The Bertz CT molecular complexity index is 427. The van der Waals surface area contributed by atoms with Crippen LogP contribution in [0, 0.1) is 5.92 Å². The van der Waals surface area contributed by atoms with Crippen molar-refractivity contribution in [3.63, 3.8) is 0 Å². The number of anilines is 1. The highest BCUT2D eigenvalue weighted by Crippen LogP contribution is 2.29.